The predicted octanol–water partition coefficient (Wildman–Crippen LogP) is 5.53. The molecule has 0 saturated heterocycles. The Morgan fingerprint density at radius 2 is 1.89 bits per heavy atom. The minimum Gasteiger partial charge on any atom is -0.486 e. The summed E-state index contributed by atoms with van der Waals surface area (Å²) in [5, 5.41) is 8.74. The molecule has 1 aromatic carbocycles. The zero-order valence-electron chi connectivity index (χ0n) is 21.0. The summed E-state index contributed by atoms with van der Waals surface area (Å²) in [6.45, 7) is 7.88. The number of para-hydroxylation sites is 1. The topological polar surface area (TPSA) is 112 Å². The van der Waals surface area contributed by atoms with Crippen molar-refractivity contribution in [2.45, 2.75) is 40.3 Å². The number of aromatic nitrogens is 5. The van der Waals surface area contributed by atoms with Gasteiger partial charge in [-0.25, -0.2) is 4.98 Å². The molecule has 188 valence electrons. The number of anilines is 1. The number of hydrogen-bond donors (Lipinski definition) is 2. The molecule has 0 aliphatic carbocycles. The van der Waals surface area contributed by atoms with E-state index in [-0.39, 0.29) is 17.9 Å². The number of nitrogens with one attached hydrogen (secondary N) is 1. The Morgan fingerprint density at radius 1 is 1.11 bits per heavy atom. The molecule has 5 aromatic rings. The van der Waals surface area contributed by atoms with Crippen LogP contribution in [0.3, 0.4) is 0 Å². The molecular weight excluding hydrogens is 488 g/mol. The summed E-state index contributed by atoms with van der Waals surface area (Å²) < 4.78 is 7.89. The van der Waals surface area contributed by atoms with Crippen molar-refractivity contribution in [3.05, 3.63) is 98.4 Å². The van der Waals surface area contributed by atoms with Crippen LogP contribution in [-0.4, -0.2) is 24.7 Å². The van der Waals surface area contributed by atoms with Crippen LogP contribution in [0.15, 0.2) is 59.7 Å². The first-order valence-electron chi connectivity index (χ1n) is 11.9. The summed E-state index contributed by atoms with van der Waals surface area (Å²) in [4.78, 5) is 22.2. The first-order chi connectivity index (χ1) is 17.7. The van der Waals surface area contributed by atoms with Gasteiger partial charge >= 0.3 is 0 Å². The van der Waals surface area contributed by atoms with Crippen molar-refractivity contribution in [2.24, 2.45) is 0 Å². The van der Waals surface area contributed by atoms with Crippen LogP contribution in [-0.2, 0) is 6.61 Å². The van der Waals surface area contributed by atoms with Crippen LogP contribution in [0, 0.1) is 20.8 Å². The fourth-order valence-corrected chi connectivity index (χ4v) is 4.89. The van der Waals surface area contributed by atoms with Crippen LogP contribution in [0.2, 0.25) is 5.02 Å². The average Bonchev–Trinajstić information content (AvgIpc) is 3.29. The SMILES string of the molecule is Cc1cc(Cl)c(COc2cccc3c(-c4[nH]ncc4C)cc(C)nc23)c(C(C)n2cccc(N)c2=O)n1. The van der Waals surface area contributed by atoms with Crippen LogP contribution in [0.1, 0.15) is 41.2 Å². The molecule has 1 unspecified atom stereocenters. The van der Waals surface area contributed by atoms with Crippen LogP contribution in [0.4, 0.5) is 5.69 Å². The number of nitrogens with zero attached hydrogens (tertiary/aromatic N) is 4. The van der Waals surface area contributed by atoms with Gasteiger partial charge in [-0.3, -0.25) is 14.9 Å². The van der Waals surface area contributed by atoms with Crippen molar-refractivity contribution in [3.8, 4) is 17.0 Å². The minimum atomic E-state index is -0.408. The van der Waals surface area contributed by atoms with Gasteiger partial charge in [0.1, 0.15) is 17.9 Å². The molecule has 37 heavy (non-hydrogen) atoms. The van der Waals surface area contributed by atoms with Gasteiger partial charge in [-0.2, -0.15) is 5.10 Å². The normalized spacial score (nSPS) is 12.1. The third kappa shape index (κ3) is 4.56. The maximum absolute atomic E-state index is 12.7. The van der Waals surface area contributed by atoms with Gasteiger partial charge < -0.3 is 15.0 Å². The zero-order valence-corrected chi connectivity index (χ0v) is 21.8. The van der Waals surface area contributed by atoms with Gasteiger partial charge in [0.2, 0.25) is 0 Å². The van der Waals surface area contributed by atoms with E-state index in [1.54, 1.807) is 35.2 Å². The molecule has 8 nitrogen and oxygen atoms in total. The number of aryl methyl sites for hydroxylation is 3. The van der Waals surface area contributed by atoms with E-state index in [0.717, 1.165) is 39.1 Å². The second kappa shape index (κ2) is 9.71. The number of aromatic amines is 1. The lowest BCUT2D eigenvalue weighted by atomic mass is 10.0. The molecule has 4 aromatic heterocycles. The Bertz CT molecular complexity index is 1690. The van der Waals surface area contributed by atoms with Gasteiger partial charge in [-0.15, -0.1) is 0 Å². The fraction of sp³-hybridized carbons (Fsp3) is 0.214. The zero-order chi connectivity index (χ0) is 26.3. The molecule has 0 radical (unpaired) electrons. The van der Waals surface area contributed by atoms with Gasteiger partial charge in [0.15, 0.2) is 0 Å². The second-order valence-corrected chi connectivity index (χ2v) is 9.55. The summed E-state index contributed by atoms with van der Waals surface area (Å²) in [6.07, 6.45) is 3.50. The van der Waals surface area contributed by atoms with Gasteiger partial charge in [0, 0.05) is 34.1 Å². The number of benzene rings is 1. The molecule has 0 fully saturated rings. The maximum Gasteiger partial charge on any atom is 0.274 e. The number of hydrogen-bond acceptors (Lipinski definition) is 6. The smallest absolute Gasteiger partial charge is 0.274 e. The average molecular weight is 515 g/mol. The monoisotopic (exact) mass is 514 g/mol. The predicted molar refractivity (Wildman–Crippen MR) is 146 cm³/mol. The lowest BCUT2D eigenvalue weighted by Crippen LogP contribution is -2.27. The highest BCUT2D eigenvalue weighted by Gasteiger charge is 2.21. The van der Waals surface area contributed by atoms with Crippen molar-refractivity contribution in [2.75, 3.05) is 5.73 Å². The number of nitrogen functional groups attached to an aromatic ring is 1. The van der Waals surface area contributed by atoms with Gasteiger partial charge in [0.05, 0.1) is 34.3 Å². The number of H-pyrrole nitrogens is 1. The third-order valence-corrected chi connectivity index (χ3v) is 6.78. The van der Waals surface area contributed by atoms with E-state index in [4.69, 9.17) is 32.0 Å². The lowest BCUT2D eigenvalue weighted by molar-refractivity contribution is 0.306. The number of rotatable bonds is 6. The number of ether oxygens (including phenoxy) is 1. The molecule has 0 bridgehead atoms. The van der Waals surface area contributed by atoms with E-state index in [1.807, 2.05) is 52.0 Å². The van der Waals surface area contributed by atoms with E-state index < -0.39 is 6.04 Å². The first-order valence-corrected chi connectivity index (χ1v) is 12.3. The molecule has 0 aliphatic heterocycles. The van der Waals surface area contributed by atoms with Crippen molar-refractivity contribution in [1.29, 1.82) is 0 Å². The van der Waals surface area contributed by atoms with Crippen LogP contribution in [0.5, 0.6) is 5.75 Å². The van der Waals surface area contributed by atoms with E-state index >= 15 is 0 Å². The maximum atomic E-state index is 12.7. The molecule has 9 heteroatoms. The summed E-state index contributed by atoms with van der Waals surface area (Å²) in [6, 6.07) is 12.6. The van der Waals surface area contributed by atoms with E-state index in [0.29, 0.717) is 22.0 Å². The highest BCUT2D eigenvalue weighted by atomic mass is 35.5. The summed E-state index contributed by atoms with van der Waals surface area (Å²) in [5.41, 5.74) is 12.5. The summed E-state index contributed by atoms with van der Waals surface area (Å²) in [7, 11) is 0. The molecule has 0 saturated carbocycles. The van der Waals surface area contributed by atoms with E-state index in [2.05, 4.69) is 10.2 Å². The Morgan fingerprint density at radius 3 is 2.65 bits per heavy atom. The Labute approximate surface area is 219 Å². The van der Waals surface area contributed by atoms with Gasteiger partial charge in [-0.05, 0) is 63.6 Å². The standard InChI is InChI=1S/C28H27ClN6O2/c1-15-13-31-34-25(15)20-11-16(2)33-27-19(20)7-5-9-24(27)37-14-21-22(29)12-17(3)32-26(21)18(4)35-10-6-8-23(30)28(35)36/h5-13,18H,14,30H2,1-4H3,(H,31,34). The number of nitrogens with two attached hydrogens (primary N) is 1. The van der Waals surface area contributed by atoms with E-state index in [9.17, 15) is 4.79 Å². The molecule has 0 aliphatic rings. The molecule has 1 atom stereocenters. The highest BCUT2D eigenvalue weighted by Crippen LogP contribution is 2.35. The van der Waals surface area contributed by atoms with E-state index in [1.165, 1.54) is 0 Å². The van der Waals surface area contributed by atoms with Crippen molar-refractivity contribution < 1.29 is 4.74 Å². The molecular formula is C28H27ClN6O2. The van der Waals surface area contributed by atoms with Gasteiger partial charge in [-0.1, -0.05) is 23.7 Å². The number of halogens is 1. The fourth-order valence-electron chi connectivity index (χ4n) is 4.58. The Hall–Kier alpha value is -4.17. The molecule has 0 amide bonds. The first kappa shape index (κ1) is 24.5. The van der Waals surface area contributed by atoms with Crippen molar-refractivity contribution in [1.82, 2.24) is 24.7 Å². The number of pyridine rings is 3. The summed E-state index contributed by atoms with van der Waals surface area (Å²) >= 11 is 6.70. The third-order valence-electron chi connectivity index (χ3n) is 6.45. The lowest BCUT2D eigenvalue weighted by Gasteiger charge is -2.20. The molecule has 5 rings (SSSR count). The van der Waals surface area contributed by atoms with Crippen molar-refractivity contribution >= 4 is 28.2 Å². The highest BCUT2D eigenvalue weighted by molar-refractivity contribution is 6.31. The van der Waals surface area contributed by atoms with Crippen molar-refractivity contribution in [3.63, 3.8) is 0 Å². The molecule has 0 spiro atoms. The minimum absolute atomic E-state index is 0.149. The number of fused-ring (bicyclic) bond motifs is 1. The Balaban J connectivity index is 1.56. The Kier molecular flexibility index (Phi) is 6.43. The summed E-state index contributed by atoms with van der Waals surface area (Å²) in [5.74, 6) is 0.621. The largest absolute Gasteiger partial charge is 0.486 e. The molecule has 4 heterocycles. The molecule has 3 N–H and O–H groups in total. The van der Waals surface area contributed by atoms with Crippen LogP contribution >= 0.6 is 11.6 Å². The van der Waals surface area contributed by atoms with Crippen LogP contribution in [0.25, 0.3) is 22.2 Å². The quantitative estimate of drug-likeness (QED) is 0.308. The van der Waals surface area contributed by atoms with Crippen LogP contribution < -0.4 is 16.0 Å². The second-order valence-electron chi connectivity index (χ2n) is 9.14. The van der Waals surface area contributed by atoms with Gasteiger partial charge in [0.25, 0.3) is 5.56 Å².